The first kappa shape index (κ1) is 16.7. The fraction of sp³-hybridized carbons (Fsp3) is 0.263. The summed E-state index contributed by atoms with van der Waals surface area (Å²) in [5.74, 6) is 0.0269. The smallest absolute Gasteiger partial charge is 0.254 e. The van der Waals surface area contributed by atoms with E-state index in [9.17, 15) is 4.79 Å². The molecule has 4 heteroatoms. The lowest BCUT2D eigenvalue weighted by Gasteiger charge is -2.27. The van der Waals surface area contributed by atoms with E-state index in [-0.39, 0.29) is 11.9 Å². The van der Waals surface area contributed by atoms with Gasteiger partial charge >= 0.3 is 0 Å². The maximum atomic E-state index is 12.8. The topological polar surface area (TPSA) is 41.9 Å². The van der Waals surface area contributed by atoms with Gasteiger partial charge < -0.3 is 9.74 Å². The van der Waals surface area contributed by atoms with Crippen molar-refractivity contribution in [3.05, 3.63) is 71.3 Å². The summed E-state index contributed by atoms with van der Waals surface area (Å²) in [6, 6.07) is 17.5. The van der Waals surface area contributed by atoms with Crippen molar-refractivity contribution in [3.63, 3.8) is 0 Å². The Kier molecular flexibility index (Phi) is 5.92. The van der Waals surface area contributed by atoms with E-state index in [4.69, 9.17) is 0 Å². The second-order valence-electron chi connectivity index (χ2n) is 5.55. The third kappa shape index (κ3) is 4.68. The van der Waals surface area contributed by atoms with Crippen LogP contribution in [0.1, 0.15) is 35.3 Å². The number of rotatable bonds is 6. The first-order valence-electron chi connectivity index (χ1n) is 7.63. The zero-order chi connectivity index (χ0) is 16.7. The van der Waals surface area contributed by atoms with Crippen molar-refractivity contribution in [1.29, 1.82) is 0 Å². The molecule has 2 aromatic rings. The SMILES string of the molecule is CO/N=C/c1ccc(C(=O)N(Cc2ccccc2)C(C)C)cc1. The minimum Gasteiger partial charge on any atom is -0.399 e. The largest absolute Gasteiger partial charge is 0.399 e. The number of nitrogens with zero attached hydrogens (tertiary/aromatic N) is 2. The van der Waals surface area contributed by atoms with Crippen LogP contribution in [0.25, 0.3) is 0 Å². The summed E-state index contributed by atoms with van der Waals surface area (Å²) in [6.07, 6.45) is 1.61. The van der Waals surface area contributed by atoms with E-state index < -0.39 is 0 Å². The van der Waals surface area contributed by atoms with E-state index in [0.717, 1.165) is 11.1 Å². The molecule has 0 aliphatic heterocycles. The Morgan fingerprint density at radius 1 is 1.13 bits per heavy atom. The highest BCUT2D eigenvalue weighted by atomic mass is 16.6. The monoisotopic (exact) mass is 310 g/mol. The minimum atomic E-state index is 0.0269. The van der Waals surface area contributed by atoms with E-state index in [2.05, 4.69) is 9.99 Å². The Balaban J connectivity index is 2.16. The molecule has 0 aliphatic rings. The van der Waals surface area contributed by atoms with Gasteiger partial charge in [0.2, 0.25) is 0 Å². The third-order valence-corrected chi connectivity index (χ3v) is 3.54. The first-order valence-corrected chi connectivity index (χ1v) is 7.63. The van der Waals surface area contributed by atoms with Crippen LogP contribution in [0.15, 0.2) is 59.8 Å². The number of oxime groups is 1. The number of hydrogen-bond donors (Lipinski definition) is 0. The van der Waals surface area contributed by atoms with Crippen LogP contribution in [0.2, 0.25) is 0 Å². The van der Waals surface area contributed by atoms with Crippen LogP contribution in [-0.4, -0.2) is 30.2 Å². The Morgan fingerprint density at radius 3 is 2.35 bits per heavy atom. The normalized spacial score (nSPS) is 11.0. The third-order valence-electron chi connectivity index (χ3n) is 3.54. The zero-order valence-electron chi connectivity index (χ0n) is 13.8. The van der Waals surface area contributed by atoms with E-state index in [1.54, 1.807) is 6.21 Å². The summed E-state index contributed by atoms with van der Waals surface area (Å²) in [5, 5.41) is 3.72. The summed E-state index contributed by atoms with van der Waals surface area (Å²) in [4.78, 5) is 19.3. The van der Waals surface area contributed by atoms with Gasteiger partial charge in [-0.1, -0.05) is 47.6 Å². The van der Waals surface area contributed by atoms with Gasteiger partial charge in [-0.3, -0.25) is 4.79 Å². The summed E-state index contributed by atoms with van der Waals surface area (Å²) >= 11 is 0. The fourth-order valence-corrected chi connectivity index (χ4v) is 2.26. The van der Waals surface area contributed by atoms with Crippen molar-refractivity contribution in [3.8, 4) is 0 Å². The van der Waals surface area contributed by atoms with Crippen molar-refractivity contribution in [2.75, 3.05) is 7.11 Å². The number of hydrogen-bond acceptors (Lipinski definition) is 3. The molecule has 2 rings (SSSR count). The first-order chi connectivity index (χ1) is 11.1. The molecule has 0 N–H and O–H groups in total. The van der Waals surface area contributed by atoms with Crippen LogP contribution in [0.4, 0.5) is 0 Å². The molecule has 0 unspecified atom stereocenters. The zero-order valence-corrected chi connectivity index (χ0v) is 13.8. The Bertz CT molecular complexity index is 649. The van der Waals surface area contributed by atoms with Crippen molar-refractivity contribution >= 4 is 12.1 Å². The fourth-order valence-electron chi connectivity index (χ4n) is 2.26. The second-order valence-corrected chi connectivity index (χ2v) is 5.55. The van der Waals surface area contributed by atoms with Gasteiger partial charge in [0, 0.05) is 18.2 Å². The number of amides is 1. The standard InChI is InChI=1S/C19H22N2O2/c1-15(2)21(14-17-7-5-4-6-8-17)19(22)18-11-9-16(10-12-18)13-20-23-3/h4-13,15H,14H2,1-3H3/b20-13+. The molecule has 120 valence electrons. The van der Waals surface area contributed by atoms with Gasteiger partial charge in [-0.15, -0.1) is 0 Å². The Labute approximate surface area is 137 Å². The molecule has 0 atom stereocenters. The summed E-state index contributed by atoms with van der Waals surface area (Å²) in [7, 11) is 1.50. The van der Waals surface area contributed by atoms with Gasteiger partial charge in [-0.05, 0) is 37.1 Å². The van der Waals surface area contributed by atoms with E-state index in [1.165, 1.54) is 7.11 Å². The summed E-state index contributed by atoms with van der Waals surface area (Å²) in [5.41, 5.74) is 2.69. The maximum absolute atomic E-state index is 12.8. The Hall–Kier alpha value is -2.62. The molecule has 0 aromatic heterocycles. The highest BCUT2D eigenvalue weighted by Gasteiger charge is 2.18. The molecule has 0 spiro atoms. The van der Waals surface area contributed by atoms with E-state index in [0.29, 0.717) is 12.1 Å². The molecule has 4 nitrogen and oxygen atoms in total. The average molecular weight is 310 g/mol. The van der Waals surface area contributed by atoms with Gasteiger partial charge in [0.15, 0.2) is 0 Å². The summed E-state index contributed by atoms with van der Waals surface area (Å²) in [6.45, 7) is 4.66. The van der Waals surface area contributed by atoms with Crippen molar-refractivity contribution in [1.82, 2.24) is 4.90 Å². The van der Waals surface area contributed by atoms with Crippen LogP contribution >= 0.6 is 0 Å². The molecule has 0 heterocycles. The molecule has 1 amide bonds. The van der Waals surface area contributed by atoms with Crippen LogP contribution in [0.3, 0.4) is 0 Å². The molecule has 0 saturated heterocycles. The van der Waals surface area contributed by atoms with E-state index in [1.807, 2.05) is 73.3 Å². The number of carbonyl (C=O) groups is 1. The van der Waals surface area contributed by atoms with E-state index >= 15 is 0 Å². The van der Waals surface area contributed by atoms with Gasteiger partial charge in [-0.2, -0.15) is 0 Å². The highest BCUT2D eigenvalue weighted by molar-refractivity contribution is 5.95. The minimum absolute atomic E-state index is 0.0269. The van der Waals surface area contributed by atoms with Crippen LogP contribution < -0.4 is 0 Å². The molecule has 0 radical (unpaired) electrons. The number of carbonyl (C=O) groups excluding carboxylic acids is 1. The maximum Gasteiger partial charge on any atom is 0.254 e. The predicted octanol–water partition coefficient (Wildman–Crippen LogP) is 3.72. The molecule has 23 heavy (non-hydrogen) atoms. The molecule has 0 bridgehead atoms. The van der Waals surface area contributed by atoms with Crippen molar-refractivity contribution in [2.24, 2.45) is 5.16 Å². The lowest BCUT2D eigenvalue weighted by Crippen LogP contribution is -2.36. The van der Waals surface area contributed by atoms with Crippen molar-refractivity contribution < 1.29 is 9.63 Å². The average Bonchev–Trinajstić information content (AvgIpc) is 2.58. The highest BCUT2D eigenvalue weighted by Crippen LogP contribution is 2.14. The molecule has 0 saturated carbocycles. The van der Waals surface area contributed by atoms with Crippen molar-refractivity contribution in [2.45, 2.75) is 26.4 Å². The Morgan fingerprint density at radius 2 is 1.78 bits per heavy atom. The van der Waals surface area contributed by atoms with Gasteiger partial charge in [-0.25, -0.2) is 0 Å². The van der Waals surface area contributed by atoms with Gasteiger partial charge in [0.1, 0.15) is 7.11 Å². The molecular weight excluding hydrogens is 288 g/mol. The van der Waals surface area contributed by atoms with Gasteiger partial charge in [0.05, 0.1) is 6.21 Å². The molecular formula is C19H22N2O2. The number of benzene rings is 2. The predicted molar refractivity (Wildman–Crippen MR) is 92.5 cm³/mol. The van der Waals surface area contributed by atoms with Crippen LogP contribution in [0.5, 0.6) is 0 Å². The lowest BCUT2D eigenvalue weighted by molar-refractivity contribution is 0.0690. The summed E-state index contributed by atoms with van der Waals surface area (Å²) < 4.78 is 0. The lowest BCUT2D eigenvalue weighted by atomic mass is 10.1. The van der Waals surface area contributed by atoms with Crippen LogP contribution in [0, 0.1) is 0 Å². The quantitative estimate of drug-likeness (QED) is 0.603. The molecule has 2 aromatic carbocycles. The molecule has 0 aliphatic carbocycles. The second kappa shape index (κ2) is 8.13. The van der Waals surface area contributed by atoms with Gasteiger partial charge in [0.25, 0.3) is 5.91 Å². The molecule has 0 fully saturated rings. The van der Waals surface area contributed by atoms with Crippen LogP contribution in [-0.2, 0) is 11.4 Å².